The van der Waals surface area contributed by atoms with E-state index in [1.807, 2.05) is 49.4 Å². The second kappa shape index (κ2) is 14.2. The lowest BCUT2D eigenvalue weighted by molar-refractivity contribution is -0.173. The van der Waals surface area contributed by atoms with Gasteiger partial charge in [0.25, 0.3) is 0 Å². The van der Waals surface area contributed by atoms with Crippen molar-refractivity contribution < 1.29 is 18.9 Å². The summed E-state index contributed by atoms with van der Waals surface area (Å²) in [7, 11) is 3.46. The largest absolute Gasteiger partial charge is 0.372 e. The number of ether oxygens (including phenoxy) is 4. The van der Waals surface area contributed by atoms with Crippen LogP contribution < -0.4 is 0 Å². The number of nitrogens with zero attached hydrogens (tertiary/aromatic N) is 2. The van der Waals surface area contributed by atoms with Crippen molar-refractivity contribution in [2.75, 3.05) is 20.8 Å². The average molecular weight is 737 g/mol. The van der Waals surface area contributed by atoms with Gasteiger partial charge in [0.15, 0.2) is 0 Å². The average Bonchev–Trinajstić information content (AvgIpc) is 4.05. The zero-order chi connectivity index (χ0) is 37.8. The Kier molecular flexibility index (Phi) is 8.68. The van der Waals surface area contributed by atoms with Gasteiger partial charge in [-0.2, -0.15) is 0 Å². The standard InChI is InChI=1S/C48H40N4O4/c1-4-55-48-44-39(30-20-12-7-13-21-30)35-25-24-33(49-35)37(28-16-8-5-9-17-28)41-46(53-2)47(54-3)42(51-41)38(29-18-10-6-11-19-29)34-26-27-36(50-34)40-31-22-14-15-23-32(31)45(56-48)43(40)52-44/h5-27,45-50H,4H2,1-3H3/t45?,46-,47+,48-/m0/s1. The van der Waals surface area contributed by atoms with E-state index in [1.54, 1.807) is 14.2 Å². The van der Waals surface area contributed by atoms with Crippen molar-refractivity contribution in [2.24, 2.45) is 0 Å². The fourth-order valence-electron chi connectivity index (χ4n) is 8.64. The zero-order valence-corrected chi connectivity index (χ0v) is 31.3. The monoisotopic (exact) mass is 736 g/mol. The van der Waals surface area contributed by atoms with Crippen LogP contribution in [0.3, 0.4) is 0 Å². The summed E-state index contributed by atoms with van der Waals surface area (Å²) in [5.41, 5.74) is 15.5. The van der Waals surface area contributed by atoms with Crippen LogP contribution in [0.25, 0.3) is 66.6 Å². The van der Waals surface area contributed by atoms with Gasteiger partial charge in [-0.15, -0.1) is 0 Å². The van der Waals surface area contributed by atoms with Gasteiger partial charge in [-0.05, 0) is 59.0 Å². The minimum atomic E-state index is -0.728. The van der Waals surface area contributed by atoms with E-state index in [9.17, 15) is 0 Å². The summed E-state index contributed by atoms with van der Waals surface area (Å²) in [4.78, 5) is 18.8. The Morgan fingerprint density at radius 2 is 0.929 bits per heavy atom. The van der Waals surface area contributed by atoms with E-state index in [4.69, 9.17) is 28.9 Å². The van der Waals surface area contributed by atoms with E-state index >= 15 is 0 Å². The lowest BCUT2D eigenvalue weighted by Gasteiger charge is -2.28. The molecule has 8 bridgehead atoms. The zero-order valence-electron chi connectivity index (χ0n) is 31.3. The van der Waals surface area contributed by atoms with E-state index in [0.29, 0.717) is 12.3 Å². The molecule has 3 aliphatic rings. The van der Waals surface area contributed by atoms with Crippen LogP contribution in [0, 0.1) is 0 Å². The van der Waals surface area contributed by atoms with E-state index in [0.717, 1.165) is 89.2 Å². The molecule has 10 rings (SSSR count). The van der Waals surface area contributed by atoms with Gasteiger partial charge < -0.3 is 28.9 Å². The maximum Gasteiger partial charge on any atom is 0.202 e. The van der Waals surface area contributed by atoms with Crippen LogP contribution in [-0.2, 0) is 18.9 Å². The van der Waals surface area contributed by atoms with E-state index < -0.39 is 24.6 Å². The first kappa shape index (κ1) is 34.3. The first-order chi connectivity index (χ1) is 27.7. The van der Waals surface area contributed by atoms with Crippen molar-refractivity contribution in [3.8, 4) is 44.5 Å². The number of hydrogen-bond donors (Lipinski definition) is 2. The fraction of sp³-hybridized carbons (Fsp3) is 0.167. The normalized spacial score (nSPS) is 18.5. The number of methoxy groups -OCH3 is 2. The van der Waals surface area contributed by atoms with Crippen LogP contribution in [-0.4, -0.2) is 40.8 Å². The van der Waals surface area contributed by atoms with E-state index in [1.165, 1.54) is 0 Å². The molecule has 8 nitrogen and oxygen atoms in total. The summed E-state index contributed by atoms with van der Waals surface area (Å²) in [6, 6.07) is 47.9. The third-order valence-electron chi connectivity index (χ3n) is 11.0. The van der Waals surface area contributed by atoms with E-state index in [-0.39, 0.29) is 0 Å². The van der Waals surface area contributed by atoms with Crippen LogP contribution in [0.4, 0.5) is 0 Å². The molecule has 276 valence electrons. The highest BCUT2D eigenvalue weighted by Crippen LogP contribution is 2.52. The van der Waals surface area contributed by atoms with Gasteiger partial charge in [0.2, 0.25) is 6.29 Å². The minimum absolute atomic E-state index is 0.421. The number of aromatic amines is 2. The van der Waals surface area contributed by atoms with Crippen molar-refractivity contribution in [1.29, 1.82) is 0 Å². The highest BCUT2D eigenvalue weighted by atomic mass is 16.7. The lowest BCUT2D eigenvalue weighted by atomic mass is 9.97. The molecule has 4 atom stereocenters. The van der Waals surface area contributed by atoms with Crippen molar-refractivity contribution >= 4 is 22.1 Å². The molecule has 8 heteroatoms. The van der Waals surface area contributed by atoms with Gasteiger partial charge in [0.1, 0.15) is 24.0 Å². The van der Waals surface area contributed by atoms with Crippen LogP contribution in [0.2, 0.25) is 0 Å². The summed E-state index contributed by atoms with van der Waals surface area (Å²) in [5, 5.41) is 0. The second-order valence-electron chi connectivity index (χ2n) is 14.1. The molecule has 0 saturated heterocycles. The second-order valence-corrected chi connectivity index (χ2v) is 14.1. The lowest BCUT2D eigenvalue weighted by Crippen LogP contribution is -2.20. The number of nitrogens with one attached hydrogen (secondary N) is 2. The molecule has 0 amide bonds. The topological polar surface area (TPSA) is 94.3 Å². The van der Waals surface area contributed by atoms with Crippen molar-refractivity contribution in [3.63, 3.8) is 0 Å². The number of H-pyrrole nitrogens is 2. The molecule has 5 heterocycles. The van der Waals surface area contributed by atoms with Crippen LogP contribution in [0.5, 0.6) is 0 Å². The molecule has 56 heavy (non-hydrogen) atoms. The Labute approximate surface area is 324 Å². The number of aromatic nitrogens is 4. The van der Waals surface area contributed by atoms with Gasteiger partial charge in [-0.1, -0.05) is 115 Å². The summed E-state index contributed by atoms with van der Waals surface area (Å²) in [6.45, 7) is 2.44. The number of hydrogen-bond acceptors (Lipinski definition) is 6. The molecule has 7 aromatic rings. The molecule has 2 N–H and O–H groups in total. The number of rotatable bonds is 7. The van der Waals surface area contributed by atoms with E-state index in [2.05, 4.69) is 107 Å². The maximum absolute atomic E-state index is 7.02. The summed E-state index contributed by atoms with van der Waals surface area (Å²) >= 11 is 0. The Hall–Kier alpha value is -6.16. The van der Waals surface area contributed by atoms with Crippen molar-refractivity contribution in [2.45, 2.75) is 31.5 Å². The maximum atomic E-state index is 7.02. The highest BCUT2D eigenvalue weighted by molar-refractivity contribution is 5.94. The third-order valence-corrected chi connectivity index (χ3v) is 11.0. The molecule has 0 radical (unpaired) electrons. The third kappa shape index (κ3) is 5.52. The highest BCUT2D eigenvalue weighted by Gasteiger charge is 2.40. The van der Waals surface area contributed by atoms with Gasteiger partial charge in [0.05, 0.1) is 17.1 Å². The number of benzene rings is 4. The van der Waals surface area contributed by atoms with Gasteiger partial charge >= 0.3 is 0 Å². The molecule has 0 fully saturated rings. The molecule has 0 saturated carbocycles. The minimum Gasteiger partial charge on any atom is -0.372 e. The molecule has 1 aliphatic carbocycles. The smallest absolute Gasteiger partial charge is 0.202 e. The van der Waals surface area contributed by atoms with Crippen LogP contribution in [0.15, 0.2) is 140 Å². The summed E-state index contributed by atoms with van der Waals surface area (Å²) < 4.78 is 26.2. The molecular weight excluding hydrogens is 697 g/mol. The Morgan fingerprint density at radius 1 is 0.500 bits per heavy atom. The Balaban J connectivity index is 1.45. The Morgan fingerprint density at radius 3 is 1.41 bits per heavy atom. The molecule has 1 unspecified atom stereocenters. The molecule has 0 spiro atoms. The SMILES string of the molecule is CCO[C@H]1OC2c3ccccc3-c3c2nc1c(-c1ccccc1)c1ccc([nH]1)c(-c1ccccc1)c1nc(c(-c2ccccc2)c2ccc3[nH]2)[C@@H](OC)[C@H]1OC. The number of fused-ring (bicyclic) bond motifs is 11. The molecule has 3 aromatic heterocycles. The van der Waals surface area contributed by atoms with Crippen LogP contribution >= 0.6 is 0 Å². The van der Waals surface area contributed by atoms with Crippen molar-refractivity contribution in [1.82, 2.24) is 19.9 Å². The van der Waals surface area contributed by atoms with Gasteiger partial charge in [-0.3, -0.25) is 4.98 Å². The fourth-order valence-corrected chi connectivity index (χ4v) is 8.64. The summed E-state index contributed by atoms with van der Waals surface area (Å²) in [6.07, 6.45) is -2.16. The van der Waals surface area contributed by atoms with Gasteiger partial charge in [-0.25, -0.2) is 4.98 Å². The quantitative estimate of drug-likeness (QED) is 0.169. The van der Waals surface area contributed by atoms with Gasteiger partial charge in [0, 0.05) is 65.1 Å². The van der Waals surface area contributed by atoms with Crippen LogP contribution in [0.1, 0.15) is 59.9 Å². The molecular formula is C48H40N4O4. The predicted molar refractivity (Wildman–Crippen MR) is 220 cm³/mol. The first-order valence-corrected chi connectivity index (χ1v) is 19.0. The molecule has 4 aromatic carbocycles. The predicted octanol–water partition coefficient (Wildman–Crippen LogP) is 11.2. The van der Waals surface area contributed by atoms with Crippen molar-refractivity contribution in [3.05, 3.63) is 168 Å². The first-order valence-electron chi connectivity index (χ1n) is 19.0. The Bertz CT molecular complexity index is 2740. The summed E-state index contributed by atoms with van der Waals surface area (Å²) in [5.74, 6) is 0. The molecule has 2 aliphatic heterocycles.